The minimum Gasteiger partial charge on any atom is -0.411 e. The minimum absolute atomic E-state index is 0.151. The van der Waals surface area contributed by atoms with E-state index in [1.807, 2.05) is 20.8 Å². The maximum Gasteiger partial charge on any atom is 0.137 e. The van der Waals surface area contributed by atoms with Gasteiger partial charge in [-0.15, -0.1) is 0 Å². The molecule has 0 atom stereocenters. The number of aromatic nitrogens is 3. The molecule has 1 heterocycles. The zero-order valence-corrected chi connectivity index (χ0v) is 8.07. The zero-order valence-electron chi connectivity index (χ0n) is 8.07. The van der Waals surface area contributed by atoms with E-state index in [9.17, 15) is 0 Å². The predicted molar refractivity (Wildman–Crippen MR) is 48.8 cm³/mol. The van der Waals surface area contributed by atoms with Crippen molar-refractivity contribution in [1.82, 2.24) is 15.2 Å². The Morgan fingerprint density at radius 1 is 1.62 bits per heavy atom. The van der Waals surface area contributed by atoms with Crippen molar-refractivity contribution in [2.24, 2.45) is 10.6 Å². The summed E-state index contributed by atoms with van der Waals surface area (Å²) in [5, 5.41) is 18.5. The second-order valence-corrected chi connectivity index (χ2v) is 3.91. The second kappa shape index (κ2) is 3.55. The van der Waals surface area contributed by atoms with E-state index in [4.69, 9.17) is 5.21 Å². The molecule has 5 heteroatoms. The number of hydrogen-bond donors (Lipinski definition) is 2. The maximum absolute atomic E-state index is 8.79. The highest BCUT2D eigenvalue weighted by Crippen LogP contribution is 2.17. The van der Waals surface area contributed by atoms with Crippen LogP contribution in [0.25, 0.3) is 0 Å². The van der Waals surface area contributed by atoms with E-state index in [2.05, 4.69) is 20.3 Å². The van der Waals surface area contributed by atoms with Gasteiger partial charge in [0.25, 0.3) is 0 Å². The smallest absolute Gasteiger partial charge is 0.137 e. The Labute approximate surface area is 76.9 Å². The van der Waals surface area contributed by atoms with Crippen LogP contribution in [0.1, 0.15) is 26.6 Å². The van der Waals surface area contributed by atoms with Gasteiger partial charge in [-0.05, 0) is 0 Å². The summed E-state index contributed by atoms with van der Waals surface area (Å²) < 4.78 is 0. The third-order valence-corrected chi connectivity index (χ3v) is 1.79. The molecule has 0 aliphatic carbocycles. The number of H-pyrrole nitrogens is 1. The van der Waals surface area contributed by atoms with Gasteiger partial charge in [0.1, 0.15) is 12.2 Å². The van der Waals surface area contributed by atoms with Crippen LogP contribution in [-0.2, 0) is 6.42 Å². The monoisotopic (exact) mass is 182 g/mol. The van der Waals surface area contributed by atoms with E-state index in [0.717, 1.165) is 0 Å². The highest BCUT2D eigenvalue weighted by atomic mass is 16.4. The topological polar surface area (TPSA) is 74.2 Å². The summed E-state index contributed by atoms with van der Waals surface area (Å²) in [5.41, 5.74) is 0.533. The normalized spacial score (nSPS) is 13.3. The van der Waals surface area contributed by atoms with Crippen LogP contribution in [0.4, 0.5) is 0 Å². The Morgan fingerprint density at radius 2 is 2.31 bits per heavy atom. The van der Waals surface area contributed by atoms with Crippen molar-refractivity contribution in [3.8, 4) is 0 Å². The van der Waals surface area contributed by atoms with Crippen molar-refractivity contribution < 1.29 is 5.21 Å². The fourth-order valence-corrected chi connectivity index (χ4v) is 0.925. The summed E-state index contributed by atoms with van der Waals surface area (Å²) in [6.45, 7) is 5.95. The van der Waals surface area contributed by atoms with Crippen LogP contribution in [0.3, 0.4) is 0 Å². The molecule has 0 unspecified atom stereocenters. The van der Waals surface area contributed by atoms with E-state index in [1.54, 1.807) is 0 Å². The first-order chi connectivity index (χ1) is 6.04. The fourth-order valence-electron chi connectivity index (χ4n) is 0.925. The molecule has 0 radical (unpaired) electrons. The summed E-state index contributed by atoms with van der Waals surface area (Å²) in [6.07, 6.45) is 1.94. The van der Waals surface area contributed by atoms with Gasteiger partial charge < -0.3 is 5.21 Å². The van der Waals surface area contributed by atoms with Gasteiger partial charge in [0.2, 0.25) is 0 Å². The van der Waals surface area contributed by atoms with Gasteiger partial charge >= 0.3 is 0 Å². The lowest BCUT2D eigenvalue weighted by atomic mass is 9.88. The van der Waals surface area contributed by atoms with Crippen LogP contribution in [0.15, 0.2) is 11.5 Å². The Bertz CT molecular complexity index is 284. The third-order valence-electron chi connectivity index (χ3n) is 1.79. The molecule has 0 fully saturated rings. The summed E-state index contributed by atoms with van der Waals surface area (Å²) in [4.78, 5) is 3.96. The van der Waals surface area contributed by atoms with Crippen molar-refractivity contribution in [3.05, 3.63) is 12.2 Å². The van der Waals surface area contributed by atoms with E-state index in [0.29, 0.717) is 18.0 Å². The molecule has 0 amide bonds. The third kappa shape index (κ3) is 2.54. The number of nitrogens with one attached hydrogen (secondary N) is 1. The van der Waals surface area contributed by atoms with E-state index in [1.165, 1.54) is 6.33 Å². The Morgan fingerprint density at radius 3 is 2.69 bits per heavy atom. The first-order valence-corrected chi connectivity index (χ1v) is 4.09. The lowest BCUT2D eigenvalue weighted by Gasteiger charge is -2.18. The van der Waals surface area contributed by atoms with Crippen LogP contribution in [0.2, 0.25) is 0 Å². The number of nitrogens with zero attached hydrogens (tertiary/aromatic N) is 3. The van der Waals surface area contributed by atoms with Crippen LogP contribution in [0.5, 0.6) is 0 Å². The molecule has 72 valence electrons. The average molecular weight is 182 g/mol. The van der Waals surface area contributed by atoms with E-state index >= 15 is 0 Å². The van der Waals surface area contributed by atoms with Gasteiger partial charge in [-0.25, -0.2) is 4.98 Å². The molecule has 1 aromatic heterocycles. The summed E-state index contributed by atoms with van der Waals surface area (Å²) in [7, 11) is 0. The largest absolute Gasteiger partial charge is 0.411 e. The van der Waals surface area contributed by atoms with Crippen molar-refractivity contribution in [3.63, 3.8) is 0 Å². The molecule has 1 aromatic rings. The van der Waals surface area contributed by atoms with E-state index < -0.39 is 0 Å². The van der Waals surface area contributed by atoms with E-state index in [-0.39, 0.29) is 5.41 Å². The summed E-state index contributed by atoms with van der Waals surface area (Å²) in [5.74, 6) is 0.711. The molecule has 13 heavy (non-hydrogen) atoms. The molecule has 2 N–H and O–H groups in total. The van der Waals surface area contributed by atoms with Crippen LogP contribution >= 0.6 is 0 Å². The molecule has 0 spiro atoms. The van der Waals surface area contributed by atoms with Crippen molar-refractivity contribution in [2.45, 2.75) is 27.2 Å². The lowest BCUT2D eigenvalue weighted by molar-refractivity contribution is 0.309. The van der Waals surface area contributed by atoms with Crippen LogP contribution in [-0.4, -0.2) is 26.1 Å². The van der Waals surface area contributed by atoms with Gasteiger partial charge in [-0.3, -0.25) is 5.10 Å². The number of hydrogen-bond acceptors (Lipinski definition) is 4. The average Bonchev–Trinajstić information content (AvgIpc) is 2.49. The summed E-state index contributed by atoms with van der Waals surface area (Å²) >= 11 is 0. The Hall–Kier alpha value is -1.39. The highest BCUT2D eigenvalue weighted by molar-refractivity contribution is 5.90. The molecule has 5 nitrogen and oxygen atoms in total. The Kier molecular flexibility index (Phi) is 2.65. The summed E-state index contributed by atoms with van der Waals surface area (Å²) in [6, 6.07) is 0. The molecule has 0 saturated carbocycles. The molecule has 0 saturated heterocycles. The number of aromatic amines is 1. The Balaban J connectivity index is 2.73. The zero-order chi connectivity index (χ0) is 9.90. The van der Waals surface area contributed by atoms with Gasteiger partial charge in [-0.1, -0.05) is 25.9 Å². The standard InChI is InChI=1S/C8H14N4O/c1-8(2,3)6(12-13)4-7-9-5-10-11-7/h5,13H,4H2,1-3H3,(H,9,10,11). The SMILES string of the molecule is CC(C)(C)C(Cc1ncn[nH]1)=NO. The highest BCUT2D eigenvalue weighted by Gasteiger charge is 2.20. The molecule has 0 aromatic carbocycles. The van der Waals surface area contributed by atoms with Gasteiger partial charge in [-0.2, -0.15) is 5.10 Å². The molecular weight excluding hydrogens is 168 g/mol. The first kappa shape index (κ1) is 9.70. The molecular formula is C8H14N4O. The lowest BCUT2D eigenvalue weighted by Crippen LogP contribution is -2.23. The van der Waals surface area contributed by atoms with Gasteiger partial charge in [0, 0.05) is 11.8 Å². The first-order valence-electron chi connectivity index (χ1n) is 4.09. The van der Waals surface area contributed by atoms with Crippen LogP contribution < -0.4 is 0 Å². The molecule has 0 bridgehead atoms. The maximum atomic E-state index is 8.79. The quantitative estimate of drug-likeness (QED) is 0.410. The number of oxime groups is 1. The predicted octanol–water partition coefficient (Wildman–Crippen LogP) is 1.22. The molecule has 1 rings (SSSR count). The fraction of sp³-hybridized carbons (Fsp3) is 0.625. The van der Waals surface area contributed by atoms with Gasteiger partial charge in [0.15, 0.2) is 0 Å². The van der Waals surface area contributed by atoms with Gasteiger partial charge in [0.05, 0.1) is 5.71 Å². The van der Waals surface area contributed by atoms with Crippen molar-refractivity contribution in [1.29, 1.82) is 0 Å². The van der Waals surface area contributed by atoms with Crippen molar-refractivity contribution in [2.75, 3.05) is 0 Å². The van der Waals surface area contributed by atoms with Crippen LogP contribution in [0, 0.1) is 5.41 Å². The molecule has 0 aliphatic rings. The second-order valence-electron chi connectivity index (χ2n) is 3.91. The molecule has 0 aliphatic heterocycles. The minimum atomic E-state index is -0.151. The number of rotatable bonds is 2. The van der Waals surface area contributed by atoms with Crippen molar-refractivity contribution >= 4 is 5.71 Å².